The summed E-state index contributed by atoms with van der Waals surface area (Å²) in [5, 5.41) is 9.05. The summed E-state index contributed by atoms with van der Waals surface area (Å²) < 4.78 is 0. The molecule has 0 aromatic carbocycles. The molecule has 2 fully saturated rings. The molecule has 0 aliphatic heterocycles. The third-order valence-electron chi connectivity index (χ3n) is 5.65. The van der Waals surface area contributed by atoms with E-state index in [-0.39, 0.29) is 5.92 Å². The number of carboxylic acids is 1. The van der Waals surface area contributed by atoms with Gasteiger partial charge >= 0.3 is 5.97 Å². The Hall–Kier alpha value is -0.530. The molecule has 2 nitrogen and oxygen atoms in total. The van der Waals surface area contributed by atoms with Gasteiger partial charge in [-0.05, 0) is 56.3 Å². The lowest BCUT2D eigenvalue weighted by molar-refractivity contribution is -0.143. The van der Waals surface area contributed by atoms with E-state index >= 15 is 0 Å². The second kappa shape index (κ2) is 7.31. The Morgan fingerprint density at radius 3 is 1.95 bits per heavy atom. The molecule has 0 spiro atoms. The van der Waals surface area contributed by atoms with Crippen LogP contribution in [0.5, 0.6) is 0 Å². The smallest absolute Gasteiger partial charge is 0.306 e. The van der Waals surface area contributed by atoms with Gasteiger partial charge in [-0.3, -0.25) is 4.79 Å². The predicted octanol–water partition coefficient (Wildman–Crippen LogP) is 4.87. The highest BCUT2D eigenvalue weighted by atomic mass is 16.4. The molecule has 19 heavy (non-hydrogen) atoms. The van der Waals surface area contributed by atoms with Crippen molar-refractivity contribution in [1.29, 1.82) is 0 Å². The van der Waals surface area contributed by atoms with Gasteiger partial charge in [0.15, 0.2) is 0 Å². The van der Waals surface area contributed by atoms with E-state index < -0.39 is 5.97 Å². The van der Waals surface area contributed by atoms with Crippen molar-refractivity contribution in [3.63, 3.8) is 0 Å². The topological polar surface area (TPSA) is 37.3 Å². The van der Waals surface area contributed by atoms with Crippen LogP contribution in [0.15, 0.2) is 0 Å². The number of hydrogen-bond acceptors (Lipinski definition) is 1. The number of rotatable bonds is 5. The van der Waals surface area contributed by atoms with E-state index in [1.165, 1.54) is 57.8 Å². The number of carbonyl (C=O) groups is 1. The average molecular weight is 266 g/mol. The van der Waals surface area contributed by atoms with Crippen molar-refractivity contribution in [2.75, 3.05) is 0 Å². The molecule has 2 rings (SSSR count). The zero-order valence-electron chi connectivity index (χ0n) is 12.4. The maximum Gasteiger partial charge on any atom is 0.306 e. The van der Waals surface area contributed by atoms with Crippen LogP contribution in [-0.2, 0) is 4.79 Å². The largest absolute Gasteiger partial charge is 0.481 e. The average Bonchev–Trinajstić information content (AvgIpc) is 2.46. The summed E-state index contributed by atoms with van der Waals surface area (Å²) in [6.07, 6.45) is 14.1. The van der Waals surface area contributed by atoms with E-state index in [1.54, 1.807) is 0 Å². The van der Waals surface area contributed by atoms with Gasteiger partial charge in [0.25, 0.3) is 0 Å². The van der Waals surface area contributed by atoms with Gasteiger partial charge in [0.1, 0.15) is 0 Å². The molecule has 0 aromatic heterocycles. The summed E-state index contributed by atoms with van der Waals surface area (Å²) in [5.74, 6) is 2.13. The summed E-state index contributed by atoms with van der Waals surface area (Å²) in [5.41, 5.74) is 0. The third-order valence-corrected chi connectivity index (χ3v) is 5.65. The van der Waals surface area contributed by atoms with E-state index in [0.717, 1.165) is 30.6 Å². The standard InChI is InChI=1S/C17H30O2/c1-2-3-4-13-5-7-14(8-6-13)15-9-11-16(12-10-15)17(18)19/h13-16H,2-12H2,1H3,(H,18,19)/t13?,14?,15-,16-. The van der Waals surface area contributed by atoms with Crippen molar-refractivity contribution in [3.8, 4) is 0 Å². The molecule has 2 aliphatic rings. The molecule has 0 aromatic rings. The van der Waals surface area contributed by atoms with Crippen LogP contribution in [0.4, 0.5) is 0 Å². The molecule has 110 valence electrons. The van der Waals surface area contributed by atoms with Gasteiger partial charge in [0.2, 0.25) is 0 Å². The quantitative estimate of drug-likeness (QED) is 0.770. The van der Waals surface area contributed by atoms with Crippen LogP contribution in [0, 0.1) is 23.7 Å². The molecular formula is C17H30O2. The Morgan fingerprint density at radius 2 is 1.47 bits per heavy atom. The lowest BCUT2D eigenvalue weighted by Gasteiger charge is -2.37. The van der Waals surface area contributed by atoms with E-state index in [0.29, 0.717) is 0 Å². The number of hydrogen-bond donors (Lipinski definition) is 1. The van der Waals surface area contributed by atoms with Gasteiger partial charge in [-0.15, -0.1) is 0 Å². The molecule has 0 heterocycles. The van der Waals surface area contributed by atoms with Crippen LogP contribution in [0.25, 0.3) is 0 Å². The Labute approximate surface area is 118 Å². The third kappa shape index (κ3) is 4.22. The molecule has 0 amide bonds. The first kappa shape index (κ1) is 14.9. The first-order chi connectivity index (χ1) is 9.20. The van der Waals surface area contributed by atoms with Crippen LogP contribution < -0.4 is 0 Å². The molecule has 1 N–H and O–H groups in total. The van der Waals surface area contributed by atoms with Crippen LogP contribution in [0.3, 0.4) is 0 Å². The summed E-state index contributed by atoms with van der Waals surface area (Å²) in [6, 6.07) is 0. The maximum absolute atomic E-state index is 11.0. The van der Waals surface area contributed by atoms with Crippen molar-refractivity contribution in [1.82, 2.24) is 0 Å². The molecule has 0 unspecified atom stereocenters. The zero-order valence-corrected chi connectivity index (χ0v) is 12.4. The molecule has 2 saturated carbocycles. The molecule has 0 radical (unpaired) electrons. The second-order valence-corrected chi connectivity index (χ2v) is 6.87. The van der Waals surface area contributed by atoms with E-state index in [4.69, 9.17) is 5.11 Å². The first-order valence-electron chi connectivity index (χ1n) is 8.43. The first-order valence-corrected chi connectivity index (χ1v) is 8.43. The van der Waals surface area contributed by atoms with E-state index in [9.17, 15) is 4.79 Å². The minimum Gasteiger partial charge on any atom is -0.481 e. The number of aliphatic carboxylic acids is 1. The number of unbranched alkanes of at least 4 members (excludes halogenated alkanes) is 1. The normalized spacial score (nSPS) is 36.1. The van der Waals surface area contributed by atoms with E-state index in [1.807, 2.05) is 0 Å². The summed E-state index contributed by atoms with van der Waals surface area (Å²) in [4.78, 5) is 11.0. The Kier molecular flexibility index (Phi) is 5.72. The fourth-order valence-corrected chi connectivity index (χ4v) is 4.28. The Balaban J connectivity index is 1.69. The van der Waals surface area contributed by atoms with Crippen molar-refractivity contribution < 1.29 is 9.90 Å². The summed E-state index contributed by atoms with van der Waals surface area (Å²) >= 11 is 0. The van der Waals surface area contributed by atoms with Crippen LogP contribution in [-0.4, -0.2) is 11.1 Å². The monoisotopic (exact) mass is 266 g/mol. The summed E-state index contributed by atoms with van der Waals surface area (Å²) in [7, 11) is 0. The van der Waals surface area contributed by atoms with Gasteiger partial charge in [0, 0.05) is 0 Å². The lowest BCUT2D eigenvalue weighted by atomic mass is 9.68. The zero-order chi connectivity index (χ0) is 13.7. The predicted molar refractivity (Wildman–Crippen MR) is 78.1 cm³/mol. The molecule has 0 atom stereocenters. The Bertz CT molecular complexity index is 271. The fraction of sp³-hybridized carbons (Fsp3) is 0.941. The van der Waals surface area contributed by atoms with Crippen LogP contribution >= 0.6 is 0 Å². The molecule has 2 heteroatoms. The van der Waals surface area contributed by atoms with Gasteiger partial charge in [-0.25, -0.2) is 0 Å². The minimum atomic E-state index is -0.568. The number of carboxylic acid groups (broad SMARTS) is 1. The molecule has 0 bridgehead atoms. The van der Waals surface area contributed by atoms with Crippen molar-refractivity contribution >= 4 is 5.97 Å². The highest BCUT2D eigenvalue weighted by molar-refractivity contribution is 5.69. The SMILES string of the molecule is CCCCC1CCC([C@H]2CC[C@H](C(=O)O)CC2)CC1. The summed E-state index contributed by atoms with van der Waals surface area (Å²) in [6.45, 7) is 2.28. The minimum absolute atomic E-state index is 0.0443. The van der Waals surface area contributed by atoms with E-state index in [2.05, 4.69) is 6.92 Å². The van der Waals surface area contributed by atoms with Gasteiger partial charge in [0.05, 0.1) is 5.92 Å². The lowest BCUT2D eigenvalue weighted by Crippen LogP contribution is -2.28. The highest BCUT2D eigenvalue weighted by Crippen LogP contribution is 2.42. The van der Waals surface area contributed by atoms with Crippen molar-refractivity contribution in [3.05, 3.63) is 0 Å². The highest BCUT2D eigenvalue weighted by Gasteiger charge is 2.32. The van der Waals surface area contributed by atoms with Crippen LogP contribution in [0.2, 0.25) is 0 Å². The van der Waals surface area contributed by atoms with Crippen molar-refractivity contribution in [2.45, 2.75) is 77.6 Å². The fourth-order valence-electron chi connectivity index (χ4n) is 4.28. The van der Waals surface area contributed by atoms with Gasteiger partial charge in [-0.1, -0.05) is 39.0 Å². The van der Waals surface area contributed by atoms with Crippen molar-refractivity contribution in [2.24, 2.45) is 23.7 Å². The second-order valence-electron chi connectivity index (χ2n) is 6.87. The molecular weight excluding hydrogens is 236 g/mol. The van der Waals surface area contributed by atoms with Crippen LogP contribution in [0.1, 0.15) is 77.6 Å². The van der Waals surface area contributed by atoms with Gasteiger partial charge < -0.3 is 5.11 Å². The maximum atomic E-state index is 11.0. The molecule has 2 aliphatic carbocycles. The molecule has 0 saturated heterocycles. The Morgan fingerprint density at radius 1 is 0.947 bits per heavy atom. The van der Waals surface area contributed by atoms with Gasteiger partial charge in [-0.2, -0.15) is 0 Å².